The van der Waals surface area contributed by atoms with Gasteiger partial charge in [-0.2, -0.15) is 0 Å². The van der Waals surface area contributed by atoms with Crippen LogP contribution >= 0.6 is 0 Å². The van der Waals surface area contributed by atoms with Crippen molar-refractivity contribution in [2.24, 2.45) is 0 Å². The van der Waals surface area contributed by atoms with Crippen LogP contribution in [-0.4, -0.2) is 13.0 Å². The molecule has 0 spiro atoms. The van der Waals surface area contributed by atoms with Crippen LogP contribution in [0.2, 0.25) is 0 Å². The van der Waals surface area contributed by atoms with Gasteiger partial charge in [0.25, 0.3) is 0 Å². The van der Waals surface area contributed by atoms with Crippen molar-refractivity contribution in [1.82, 2.24) is 0 Å². The number of carbonyl (C=O) groups is 1. The molecule has 1 aromatic carbocycles. The minimum absolute atomic E-state index is 0.112. The maximum atomic E-state index is 11.4. The Morgan fingerprint density at radius 3 is 2.54 bits per heavy atom. The lowest BCUT2D eigenvalue weighted by Gasteiger charge is -2.16. The van der Waals surface area contributed by atoms with Crippen LogP contribution < -0.4 is 4.90 Å². The number of nitrogens with zero attached hydrogens (tertiary/aromatic N) is 1. The molecule has 0 atom stereocenters. The highest BCUT2D eigenvalue weighted by Gasteiger charge is 2.07. The number of amides is 1. The predicted octanol–water partition coefficient (Wildman–Crippen LogP) is 2.26. The second-order valence-electron chi connectivity index (χ2n) is 2.89. The Hall–Kier alpha value is -1.31. The van der Waals surface area contributed by atoms with Crippen molar-refractivity contribution in [3.05, 3.63) is 37.3 Å². The fraction of sp³-hybridized carbons (Fsp3) is 0.273. The average Bonchev–Trinajstić information content (AvgIpc) is 2.18. The zero-order valence-electron chi connectivity index (χ0n) is 7.86. The maximum absolute atomic E-state index is 11.4. The SMILES string of the molecule is [CH2]CCC(=O)N(C)c1ccccc1. The van der Waals surface area contributed by atoms with Gasteiger partial charge in [-0.15, -0.1) is 0 Å². The van der Waals surface area contributed by atoms with Gasteiger partial charge in [-0.3, -0.25) is 4.79 Å². The zero-order chi connectivity index (χ0) is 9.68. The lowest BCUT2D eigenvalue weighted by Crippen LogP contribution is -2.25. The van der Waals surface area contributed by atoms with E-state index in [0.29, 0.717) is 12.8 Å². The van der Waals surface area contributed by atoms with Crippen LogP contribution in [0.3, 0.4) is 0 Å². The van der Waals surface area contributed by atoms with Gasteiger partial charge in [-0.1, -0.05) is 25.1 Å². The van der Waals surface area contributed by atoms with Crippen LogP contribution in [-0.2, 0) is 4.79 Å². The lowest BCUT2D eigenvalue weighted by molar-refractivity contribution is -0.118. The molecule has 0 heterocycles. The van der Waals surface area contributed by atoms with Crippen molar-refractivity contribution >= 4 is 11.6 Å². The minimum atomic E-state index is 0.112. The van der Waals surface area contributed by atoms with Gasteiger partial charge in [0, 0.05) is 19.2 Å². The summed E-state index contributed by atoms with van der Waals surface area (Å²) >= 11 is 0. The number of anilines is 1. The quantitative estimate of drug-likeness (QED) is 0.691. The molecule has 1 radical (unpaired) electrons. The van der Waals surface area contributed by atoms with Crippen LogP contribution in [0.5, 0.6) is 0 Å². The molecule has 2 nitrogen and oxygen atoms in total. The Bertz CT molecular complexity index is 269. The van der Waals surface area contributed by atoms with Gasteiger partial charge in [0.1, 0.15) is 0 Å². The van der Waals surface area contributed by atoms with Crippen LogP contribution in [0.1, 0.15) is 12.8 Å². The summed E-state index contributed by atoms with van der Waals surface area (Å²) in [5.74, 6) is 0.112. The van der Waals surface area contributed by atoms with E-state index >= 15 is 0 Å². The van der Waals surface area contributed by atoms with Gasteiger partial charge < -0.3 is 4.90 Å². The molecule has 0 fully saturated rings. The molecule has 0 N–H and O–H groups in total. The third kappa shape index (κ3) is 2.58. The molecule has 0 aliphatic rings. The average molecular weight is 176 g/mol. The highest BCUT2D eigenvalue weighted by atomic mass is 16.2. The number of para-hydroxylation sites is 1. The van der Waals surface area contributed by atoms with Crippen LogP contribution in [0.25, 0.3) is 0 Å². The van der Waals surface area contributed by atoms with E-state index in [4.69, 9.17) is 0 Å². The summed E-state index contributed by atoms with van der Waals surface area (Å²) < 4.78 is 0. The number of hydrogen-bond donors (Lipinski definition) is 0. The Kier molecular flexibility index (Phi) is 3.50. The van der Waals surface area contributed by atoms with Crippen molar-refractivity contribution in [3.63, 3.8) is 0 Å². The molecule has 0 bridgehead atoms. The number of carbonyl (C=O) groups excluding carboxylic acids is 1. The molecule has 0 aliphatic heterocycles. The molecule has 0 unspecified atom stereocenters. The minimum Gasteiger partial charge on any atom is -0.316 e. The standard InChI is InChI=1S/C11H14NO/c1-3-7-11(13)12(2)10-8-5-4-6-9-10/h4-6,8-9H,1,3,7H2,2H3. The highest BCUT2D eigenvalue weighted by Crippen LogP contribution is 2.12. The fourth-order valence-corrected chi connectivity index (χ4v) is 1.11. The summed E-state index contributed by atoms with van der Waals surface area (Å²) in [5.41, 5.74) is 0.931. The maximum Gasteiger partial charge on any atom is 0.226 e. The van der Waals surface area contributed by atoms with Gasteiger partial charge in [-0.05, 0) is 18.6 Å². The fourth-order valence-electron chi connectivity index (χ4n) is 1.11. The predicted molar refractivity (Wildman–Crippen MR) is 54.4 cm³/mol. The van der Waals surface area contributed by atoms with Gasteiger partial charge in [-0.25, -0.2) is 0 Å². The summed E-state index contributed by atoms with van der Waals surface area (Å²) in [6, 6.07) is 9.61. The van der Waals surface area contributed by atoms with Crippen molar-refractivity contribution in [3.8, 4) is 0 Å². The van der Waals surface area contributed by atoms with Crippen molar-refractivity contribution < 1.29 is 4.79 Å². The van der Waals surface area contributed by atoms with Crippen molar-refractivity contribution in [2.45, 2.75) is 12.8 Å². The summed E-state index contributed by atoms with van der Waals surface area (Å²) in [6.45, 7) is 3.65. The normalized spacial score (nSPS) is 9.69. The largest absolute Gasteiger partial charge is 0.316 e. The summed E-state index contributed by atoms with van der Waals surface area (Å²) in [7, 11) is 1.79. The first-order valence-electron chi connectivity index (χ1n) is 4.36. The molecule has 2 heteroatoms. The van der Waals surface area contributed by atoms with Gasteiger partial charge >= 0.3 is 0 Å². The first-order chi connectivity index (χ1) is 6.25. The molecular formula is C11H14NO. The molecule has 1 rings (SSSR count). The topological polar surface area (TPSA) is 20.3 Å². The number of hydrogen-bond acceptors (Lipinski definition) is 1. The van der Waals surface area contributed by atoms with Gasteiger partial charge in [0.15, 0.2) is 0 Å². The van der Waals surface area contributed by atoms with E-state index in [0.717, 1.165) is 5.69 Å². The van der Waals surface area contributed by atoms with Gasteiger partial charge in [0.2, 0.25) is 5.91 Å². The van der Waals surface area contributed by atoms with Crippen LogP contribution in [0.4, 0.5) is 5.69 Å². The molecule has 0 aromatic heterocycles. The van der Waals surface area contributed by atoms with E-state index in [1.54, 1.807) is 11.9 Å². The first-order valence-corrected chi connectivity index (χ1v) is 4.36. The monoisotopic (exact) mass is 176 g/mol. The Morgan fingerprint density at radius 2 is 2.00 bits per heavy atom. The summed E-state index contributed by atoms with van der Waals surface area (Å²) in [6.07, 6.45) is 1.15. The molecule has 69 valence electrons. The zero-order valence-corrected chi connectivity index (χ0v) is 7.86. The number of rotatable bonds is 3. The summed E-state index contributed by atoms with van der Waals surface area (Å²) in [5, 5.41) is 0. The van der Waals surface area contributed by atoms with E-state index in [9.17, 15) is 4.79 Å². The molecule has 0 saturated carbocycles. The van der Waals surface area contributed by atoms with E-state index in [1.807, 2.05) is 30.3 Å². The third-order valence-electron chi connectivity index (χ3n) is 1.91. The Morgan fingerprint density at radius 1 is 1.38 bits per heavy atom. The molecule has 0 aliphatic carbocycles. The molecule has 0 saturated heterocycles. The molecule has 1 aromatic rings. The van der Waals surface area contributed by atoms with Crippen molar-refractivity contribution in [1.29, 1.82) is 0 Å². The van der Waals surface area contributed by atoms with E-state index in [-0.39, 0.29) is 5.91 Å². The van der Waals surface area contributed by atoms with Crippen molar-refractivity contribution in [2.75, 3.05) is 11.9 Å². The molecule has 1 amide bonds. The molecule has 13 heavy (non-hydrogen) atoms. The van der Waals surface area contributed by atoms with Crippen LogP contribution in [0.15, 0.2) is 30.3 Å². The van der Waals surface area contributed by atoms with E-state index < -0.39 is 0 Å². The third-order valence-corrected chi connectivity index (χ3v) is 1.91. The lowest BCUT2D eigenvalue weighted by atomic mass is 10.2. The van der Waals surface area contributed by atoms with E-state index in [1.165, 1.54) is 0 Å². The van der Waals surface area contributed by atoms with Crippen LogP contribution in [0, 0.1) is 6.92 Å². The second kappa shape index (κ2) is 4.65. The number of benzene rings is 1. The van der Waals surface area contributed by atoms with Gasteiger partial charge in [0.05, 0.1) is 0 Å². The van der Waals surface area contributed by atoms with E-state index in [2.05, 4.69) is 6.92 Å². The molecular weight excluding hydrogens is 162 g/mol. The first kappa shape index (κ1) is 9.78. The highest BCUT2D eigenvalue weighted by molar-refractivity contribution is 5.92. The second-order valence-corrected chi connectivity index (χ2v) is 2.89. The smallest absolute Gasteiger partial charge is 0.226 e. The Balaban J connectivity index is 2.68. The summed E-state index contributed by atoms with van der Waals surface area (Å²) in [4.78, 5) is 13.1. The Labute approximate surface area is 79.2 Å².